The monoisotopic (exact) mass is 437 g/mol. The van der Waals surface area contributed by atoms with Gasteiger partial charge < -0.3 is 9.88 Å². The first-order chi connectivity index (χ1) is 15.4. The summed E-state index contributed by atoms with van der Waals surface area (Å²) in [5, 5.41) is 4.36. The van der Waals surface area contributed by atoms with Crippen molar-refractivity contribution in [1.82, 2.24) is 14.9 Å². The van der Waals surface area contributed by atoms with Crippen LogP contribution in [0.4, 0.5) is 0 Å². The Morgan fingerprint density at radius 3 is 2.62 bits per heavy atom. The van der Waals surface area contributed by atoms with Crippen molar-refractivity contribution >= 4 is 16.8 Å². The van der Waals surface area contributed by atoms with E-state index in [4.69, 9.17) is 0 Å². The number of amides is 1. The van der Waals surface area contributed by atoms with E-state index < -0.39 is 0 Å². The molecule has 2 aliphatic carbocycles. The van der Waals surface area contributed by atoms with Gasteiger partial charge in [0.15, 0.2) is 0 Å². The van der Waals surface area contributed by atoms with Crippen molar-refractivity contribution in [3.05, 3.63) is 39.9 Å². The first-order valence-electron chi connectivity index (χ1n) is 12.6. The second-order valence-corrected chi connectivity index (χ2v) is 10.5. The van der Waals surface area contributed by atoms with Crippen LogP contribution in [0.1, 0.15) is 88.8 Å². The second kappa shape index (κ2) is 9.76. The van der Waals surface area contributed by atoms with Gasteiger partial charge in [0.2, 0.25) is 5.91 Å². The van der Waals surface area contributed by atoms with Gasteiger partial charge in [-0.25, -0.2) is 0 Å². The molecule has 1 N–H and O–H groups in total. The zero-order valence-corrected chi connectivity index (χ0v) is 20.2. The van der Waals surface area contributed by atoms with Crippen molar-refractivity contribution in [2.45, 2.75) is 90.5 Å². The van der Waals surface area contributed by atoms with Crippen molar-refractivity contribution in [2.24, 2.45) is 24.8 Å². The molecule has 5 heteroatoms. The van der Waals surface area contributed by atoms with Crippen molar-refractivity contribution in [1.29, 1.82) is 0 Å². The molecule has 2 aliphatic rings. The fraction of sp³-hybridized carbons (Fsp3) is 0.667. The normalized spacial score (nSPS) is 28.6. The molecule has 3 unspecified atom stereocenters. The van der Waals surface area contributed by atoms with Gasteiger partial charge in [-0.15, -0.1) is 0 Å². The van der Waals surface area contributed by atoms with Crippen LogP contribution in [0.25, 0.3) is 10.9 Å². The van der Waals surface area contributed by atoms with Gasteiger partial charge in [0.25, 0.3) is 5.56 Å². The maximum atomic E-state index is 13.3. The van der Waals surface area contributed by atoms with Crippen molar-refractivity contribution in [3.63, 3.8) is 0 Å². The van der Waals surface area contributed by atoms with E-state index in [1.807, 2.05) is 32.3 Å². The Labute approximate surface area is 192 Å². The minimum absolute atomic E-state index is 0.00103. The fourth-order valence-corrected chi connectivity index (χ4v) is 6.07. The average molecular weight is 438 g/mol. The van der Waals surface area contributed by atoms with Crippen LogP contribution in [-0.2, 0) is 11.8 Å². The third kappa shape index (κ3) is 4.77. The van der Waals surface area contributed by atoms with Gasteiger partial charge in [-0.2, -0.15) is 0 Å². The SMILES string of the molecule is CCCC1CCC(NC(=O)C2CCC(C)C(c3cc4cnc(C)cc4n(C)c3=O)C2)CC1. The van der Waals surface area contributed by atoms with Gasteiger partial charge in [-0.1, -0.05) is 26.7 Å². The standard InChI is InChI=1S/C27H39N3O2/c1-5-6-19-8-11-22(12-9-19)29-26(31)20-10-7-17(2)23(14-20)24-15-21-16-28-18(3)13-25(21)30(4)27(24)32/h13,15-17,19-20,22-23H,5-12,14H2,1-4H3,(H,29,31). The Balaban J connectivity index is 1.48. The number of aryl methyl sites for hydroxylation is 2. The van der Waals surface area contributed by atoms with Gasteiger partial charge in [-0.3, -0.25) is 14.6 Å². The number of hydrogen-bond donors (Lipinski definition) is 1. The quantitative estimate of drug-likeness (QED) is 0.696. The van der Waals surface area contributed by atoms with Gasteiger partial charge >= 0.3 is 0 Å². The minimum Gasteiger partial charge on any atom is -0.353 e. The Hall–Kier alpha value is -2.17. The molecule has 32 heavy (non-hydrogen) atoms. The summed E-state index contributed by atoms with van der Waals surface area (Å²) in [4.78, 5) is 30.8. The number of pyridine rings is 2. The summed E-state index contributed by atoms with van der Waals surface area (Å²) in [5.41, 5.74) is 2.74. The number of carbonyl (C=O) groups is 1. The summed E-state index contributed by atoms with van der Waals surface area (Å²) in [5.74, 6) is 1.56. The molecule has 4 rings (SSSR count). The van der Waals surface area contributed by atoms with Gasteiger partial charge in [0, 0.05) is 41.8 Å². The fourth-order valence-electron chi connectivity index (χ4n) is 6.07. The molecule has 2 heterocycles. The van der Waals surface area contributed by atoms with Crippen molar-refractivity contribution in [2.75, 3.05) is 0 Å². The second-order valence-electron chi connectivity index (χ2n) is 10.5. The van der Waals surface area contributed by atoms with Crippen molar-refractivity contribution < 1.29 is 4.79 Å². The van der Waals surface area contributed by atoms with E-state index in [0.29, 0.717) is 12.0 Å². The first-order valence-corrected chi connectivity index (χ1v) is 12.6. The molecule has 2 saturated carbocycles. The average Bonchev–Trinajstić information content (AvgIpc) is 2.78. The van der Waals surface area contributed by atoms with E-state index in [9.17, 15) is 9.59 Å². The Bertz CT molecular complexity index is 1020. The molecule has 2 fully saturated rings. The maximum absolute atomic E-state index is 13.3. The highest BCUT2D eigenvalue weighted by Crippen LogP contribution is 2.40. The zero-order valence-electron chi connectivity index (χ0n) is 20.2. The lowest BCUT2D eigenvalue weighted by molar-refractivity contribution is -0.127. The van der Waals surface area contributed by atoms with Gasteiger partial charge in [0.05, 0.1) is 5.52 Å². The van der Waals surface area contributed by atoms with E-state index in [2.05, 4.69) is 24.1 Å². The number of hydrogen-bond acceptors (Lipinski definition) is 3. The minimum atomic E-state index is 0.00103. The van der Waals surface area contributed by atoms with Crippen LogP contribution in [0.5, 0.6) is 0 Å². The number of aromatic nitrogens is 2. The van der Waals surface area contributed by atoms with E-state index in [1.54, 1.807) is 4.57 Å². The third-order valence-corrected chi connectivity index (χ3v) is 8.13. The van der Waals surface area contributed by atoms with Crippen LogP contribution in [0.3, 0.4) is 0 Å². The molecule has 0 aromatic carbocycles. The predicted octanol–water partition coefficient (Wildman–Crippen LogP) is 5.24. The number of fused-ring (bicyclic) bond motifs is 1. The molecule has 0 spiro atoms. The van der Waals surface area contributed by atoms with Crippen molar-refractivity contribution in [3.8, 4) is 0 Å². The lowest BCUT2D eigenvalue weighted by atomic mass is 9.71. The lowest BCUT2D eigenvalue weighted by Gasteiger charge is -2.35. The van der Waals surface area contributed by atoms with Crippen LogP contribution in [0.2, 0.25) is 0 Å². The van der Waals surface area contributed by atoms with Gasteiger partial charge in [0.1, 0.15) is 0 Å². The number of nitrogens with zero attached hydrogens (tertiary/aromatic N) is 2. The van der Waals surface area contributed by atoms with Crippen LogP contribution < -0.4 is 10.9 Å². The highest BCUT2D eigenvalue weighted by molar-refractivity contribution is 5.80. The Kier molecular flexibility index (Phi) is 7.02. The van der Waals surface area contributed by atoms with Crippen LogP contribution >= 0.6 is 0 Å². The molecule has 0 bridgehead atoms. The highest BCUT2D eigenvalue weighted by Gasteiger charge is 2.35. The number of rotatable bonds is 5. The summed E-state index contributed by atoms with van der Waals surface area (Å²) in [6, 6.07) is 4.33. The van der Waals surface area contributed by atoms with E-state index in [-0.39, 0.29) is 23.3 Å². The Morgan fingerprint density at radius 2 is 1.91 bits per heavy atom. The zero-order chi connectivity index (χ0) is 22.8. The lowest BCUT2D eigenvalue weighted by Crippen LogP contribution is -2.43. The summed E-state index contributed by atoms with van der Waals surface area (Å²) in [6.45, 7) is 6.43. The number of carbonyl (C=O) groups excluding carboxylic acids is 1. The largest absolute Gasteiger partial charge is 0.353 e. The smallest absolute Gasteiger partial charge is 0.254 e. The molecule has 2 aromatic heterocycles. The molecule has 2 aromatic rings. The van der Waals surface area contributed by atoms with E-state index in [1.165, 1.54) is 25.7 Å². The molecule has 3 atom stereocenters. The molecular weight excluding hydrogens is 398 g/mol. The molecule has 174 valence electrons. The van der Waals surface area contributed by atoms with E-state index in [0.717, 1.165) is 60.2 Å². The number of nitrogens with one attached hydrogen (secondary N) is 1. The van der Waals surface area contributed by atoms with Gasteiger partial charge in [-0.05, 0) is 81.8 Å². The first kappa shape index (κ1) is 23.0. The summed E-state index contributed by atoms with van der Waals surface area (Å²) in [7, 11) is 1.85. The molecule has 0 aliphatic heterocycles. The van der Waals surface area contributed by atoms with Crippen LogP contribution in [0.15, 0.2) is 23.1 Å². The molecule has 0 radical (unpaired) electrons. The predicted molar refractivity (Wildman–Crippen MR) is 130 cm³/mol. The van der Waals surface area contributed by atoms with Crippen LogP contribution in [0, 0.1) is 24.7 Å². The molecule has 0 saturated heterocycles. The third-order valence-electron chi connectivity index (χ3n) is 8.13. The summed E-state index contributed by atoms with van der Waals surface area (Å²) in [6.07, 6.45) is 11.8. The summed E-state index contributed by atoms with van der Waals surface area (Å²) >= 11 is 0. The highest BCUT2D eigenvalue weighted by atomic mass is 16.2. The topological polar surface area (TPSA) is 64.0 Å². The molecular formula is C27H39N3O2. The molecule has 1 amide bonds. The maximum Gasteiger partial charge on any atom is 0.254 e. The van der Waals surface area contributed by atoms with Crippen LogP contribution in [-0.4, -0.2) is 21.5 Å². The molecule has 5 nitrogen and oxygen atoms in total. The summed E-state index contributed by atoms with van der Waals surface area (Å²) < 4.78 is 1.75. The Morgan fingerprint density at radius 1 is 1.16 bits per heavy atom. The van der Waals surface area contributed by atoms with E-state index >= 15 is 0 Å².